The van der Waals surface area contributed by atoms with Gasteiger partial charge >= 0.3 is 0 Å². The summed E-state index contributed by atoms with van der Waals surface area (Å²) in [5, 5.41) is 2.83. The van der Waals surface area contributed by atoms with Crippen molar-refractivity contribution in [3.8, 4) is 11.5 Å². The van der Waals surface area contributed by atoms with Crippen LogP contribution in [0, 0.1) is 0 Å². The maximum atomic E-state index is 12.9. The lowest BCUT2D eigenvalue weighted by Gasteiger charge is -2.20. The van der Waals surface area contributed by atoms with Crippen molar-refractivity contribution in [2.75, 3.05) is 23.4 Å². The number of benzene rings is 3. The molecular formula is C26H20N2O5. The summed E-state index contributed by atoms with van der Waals surface area (Å²) in [7, 11) is 0. The molecule has 0 spiro atoms. The number of ether oxygens (including phenoxy) is 2. The Morgan fingerprint density at radius 2 is 1.73 bits per heavy atom. The highest BCUT2D eigenvalue weighted by Crippen LogP contribution is 2.36. The fourth-order valence-electron chi connectivity index (χ4n) is 3.94. The van der Waals surface area contributed by atoms with Crippen molar-refractivity contribution in [2.24, 2.45) is 0 Å². The Labute approximate surface area is 190 Å². The molecule has 2 aliphatic heterocycles. The van der Waals surface area contributed by atoms with E-state index in [0.717, 1.165) is 10.5 Å². The lowest BCUT2D eigenvalue weighted by atomic mass is 10.1. The smallest absolute Gasteiger partial charge is 0.266 e. The van der Waals surface area contributed by atoms with E-state index in [9.17, 15) is 14.4 Å². The van der Waals surface area contributed by atoms with Crippen LogP contribution in [0.3, 0.4) is 0 Å². The molecule has 0 atom stereocenters. The number of fused-ring (bicyclic) bond motifs is 2. The summed E-state index contributed by atoms with van der Waals surface area (Å²) in [4.78, 5) is 39.5. The topological polar surface area (TPSA) is 84.9 Å². The van der Waals surface area contributed by atoms with E-state index in [4.69, 9.17) is 9.47 Å². The number of nitrogens with one attached hydrogen (secondary N) is 1. The second-order valence-electron chi connectivity index (χ2n) is 7.56. The number of carbonyl (C=O) groups is 3. The van der Waals surface area contributed by atoms with Gasteiger partial charge in [-0.1, -0.05) is 30.3 Å². The predicted octanol–water partition coefficient (Wildman–Crippen LogP) is 4.30. The molecule has 0 saturated carbocycles. The highest BCUT2D eigenvalue weighted by molar-refractivity contribution is 6.34. The van der Waals surface area contributed by atoms with Crippen LogP contribution in [0.2, 0.25) is 0 Å². The van der Waals surface area contributed by atoms with Crippen LogP contribution in [-0.2, 0) is 4.79 Å². The van der Waals surface area contributed by atoms with Gasteiger partial charge in [-0.2, -0.15) is 0 Å². The van der Waals surface area contributed by atoms with Crippen LogP contribution in [0.5, 0.6) is 11.5 Å². The lowest BCUT2D eigenvalue weighted by molar-refractivity contribution is -0.113. The fourth-order valence-corrected chi connectivity index (χ4v) is 3.94. The molecule has 7 nitrogen and oxygen atoms in total. The zero-order chi connectivity index (χ0) is 22.9. The first kappa shape index (κ1) is 20.5. The molecule has 1 N–H and O–H groups in total. The van der Waals surface area contributed by atoms with E-state index in [1.165, 1.54) is 0 Å². The highest BCUT2D eigenvalue weighted by Gasteiger charge is 2.36. The molecule has 0 aliphatic carbocycles. The zero-order valence-electron chi connectivity index (χ0n) is 17.8. The molecule has 0 bridgehead atoms. The van der Waals surface area contributed by atoms with Crippen LogP contribution in [0.1, 0.15) is 33.2 Å². The van der Waals surface area contributed by atoms with E-state index in [2.05, 4.69) is 5.32 Å². The summed E-state index contributed by atoms with van der Waals surface area (Å²) >= 11 is 0. The van der Waals surface area contributed by atoms with Gasteiger partial charge in [0, 0.05) is 11.3 Å². The maximum absolute atomic E-state index is 12.9. The molecule has 0 aromatic heterocycles. The molecule has 2 heterocycles. The summed E-state index contributed by atoms with van der Waals surface area (Å²) in [5.74, 6) is 0.151. The van der Waals surface area contributed by atoms with E-state index in [1.54, 1.807) is 54.6 Å². The molecule has 2 aliphatic rings. The van der Waals surface area contributed by atoms with Gasteiger partial charge in [-0.3, -0.25) is 14.4 Å². The fraction of sp³-hybridized carbons (Fsp3) is 0.115. The maximum Gasteiger partial charge on any atom is 0.266 e. The van der Waals surface area contributed by atoms with Gasteiger partial charge in [-0.25, -0.2) is 4.90 Å². The Balaban J connectivity index is 1.37. The molecule has 3 aromatic rings. The number of anilines is 2. The van der Waals surface area contributed by atoms with Crippen molar-refractivity contribution in [1.29, 1.82) is 0 Å². The normalized spacial score (nSPS) is 14.2. The minimum absolute atomic E-state index is 0.0982. The van der Waals surface area contributed by atoms with E-state index in [-0.39, 0.29) is 24.3 Å². The molecule has 7 heteroatoms. The SMILES string of the molecule is CCOc1cccc2c1OCC(C(=O)Nc1cccc(N3C(=O)c4ccccc4C3=O)c1)=C2. The van der Waals surface area contributed by atoms with Crippen LogP contribution in [0.15, 0.2) is 72.3 Å². The first-order valence-electron chi connectivity index (χ1n) is 10.5. The van der Waals surface area contributed by atoms with Gasteiger partial charge in [0.05, 0.1) is 29.0 Å². The van der Waals surface area contributed by atoms with E-state index >= 15 is 0 Å². The van der Waals surface area contributed by atoms with Gasteiger partial charge in [0.1, 0.15) is 6.61 Å². The molecule has 164 valence electrons. The lowest BCUT2D eigenvalue weighted by Crippen LogP contribution is -2.29. The molecule has 33 heavy (non-hydrogen) atoms. The average molecular weight is 440 g/mol. The Bertz CT molecular complexity index is 1290. The molecule has 3 aromatic carbocycles. The first-order chi connectivity index (χ1) is 16.1. The molecule has 0 radical (unpaired) electrons. The van der Waals surface area contributed by atoms with Gasteiger partial charge in [-0.05, 0) is 49.4 Å². The number of imide groups is 1. The van der Waals surface area contributed by atoms with E-state index < -0.39 is 0 Å². The van der Waals surface area contributed by atoms with Gasteiger partial charge in [0.2, 0.25) is 0 Å². The number of carbonyl (C=O) groups excluding carboxylic acids is 3. The van der Waals surface area contributed by atoms with Gasteiger partial charge in [0.15, 0.2) is 11.5 Å². The van der Waals surface area contributed by atoms with Crippen LogP contribution < -0.4 is 19.7 Å². The van der Waals surface area contributed by atoms with Gasteiger partial charge < -0.3 is 14.8 Å². The van der Waals surface area contributed by atoms with Crippen LogP contribution in [-0.4, -0.2) is 30.9 Å². The van der Waals surface area contributed by atoms with Crippen LogP contribution in [0.25, 0.3) is 6.08 Å². The standard InChI is InChI=1S/C26H20N2O5/c1-2-32-22-12-5-7-16-13-17(15-33-23(16)22)24(29)27-18-8-6-9-19(14-18)28-25(30)20-10-3-4-11-21(20)26(28)31/h3-14H,2,15H2,1H3,(H,27,29). The third-order valence-electron chi connectivity index (χ3n) is 5.46. The monoisotopic (exact) mass is 440 g/mol. The predicted molar refractivity (Wildman–Crippen MR) is 124 cm³/mol. The van der Waals surface area contributed by atoms with Crippen molar-refractivity contribution < 1.29 is 23.9 Å². The van der Waals surface area contributed by atoms with Gasteiger partial charge in [0.25, 0.3) is 17.7 Å². The largest absolute Gasteiger partial charge is 0.490 e. The minimum Gasteiger partial charge on any atom is -0.490 e. The summed E-state index contributed by atoms with van der Waals surface area (Å²) in [5.41, 5.74) is 2.79. The van der Waals surface area contributed by atoms with Crippen molar-refractivity contribution in [2.45, 2.75) is 6.92 Å². The number of para-hydroxylation sites is 1. The number of hydrogen-bond donors (Lipinski definition) is 1. The van der Waals surface area contributed by atoms with Crippen LogP contribution >= 0.6 is 0 Å². The summed E-state index contributed by atoms with van der Waals surface area (Å²) in [6, 6.07) is 18.9. The second-order valence-corrected chi connectivity index (χ2v) is 7.56. The third-order valence-corrected chi connectivity index (χ3v) is 5.46. The number of rotatable bonds is 5. The Morgan fingerprint density at radius 3 is 2.45 bits per heavy atom. The van der Waals surface area contributed by atoms with Gasteiger partial charge in [-0.15, -0.1) is 0 Å². The Kier molecular flexibility index (Phi) is 5.14. The number of nitrogens with zero attached hydrogens (tertiary/aromatic N) is 1. The summed E-state index contributed by atoms with van der Waals surface area (Å²) in [6.45, 7) is 2.51. The van der Waals surface area contributed by atoms with Crippen molar-refractivity contribution in [3.63, 3.8) is 0 Å². The molecular weight excluding hydrogens is 420 g/mol. The Morgan fingerprint density at radius 1 is 1.00 bits per heavy atom. The number of amides is 3. The summed E-state index contributed by atoms with van der Waals surface area (Å²) in [6.07, 6.45) is 1.77. The number of hydrogen-bond acceptors (Lipinski definition) is 5. The van der Waals surface area contributed by atoms with E-state index in [0.29, 0.717) is 46.2 Å². The van der Waals surface area contributed by atoms with E-state index in [1.807, 2.05) is 25.1 Å². The summed E-state index contributed by atoms with van der Waals surface area (Å²) < 4.78 is 11.4. The minimum atomic E-state index is -0.385. The Hall–Kier alpha value is -4.39. The third kappa shape index (κ3) is 3.63. The van der Waals surface area contributed by atoms with Crippen molar-refractivity contribution >= 4 is 35.2 Å². The molecule has 0 unspecified atom stereocenters. The second kappa shape index (κ2) is 8.27. The zero-order valence-corrected chi connectivity index (χ0v) is 17.8. The molecule has 3 amide bonds. The quantitative estimate of drug-likeness (QED) is 0.598. The first-order valence-corrected chi connectivity index (χ1v) is 10.5. The van der Waals surface area contributed by atoms with Crippen molar-refractivity contribution in [1.82, 2.24) is 0 Å². The van der Waals surface area contributed by atoms with Crippen LogP contribution in [0.4, 0.5) is 11.4 Å². The molecule has 0 saturated heterocycles. The molecule has 0 fully saturated rings. The average Bonchev–Trinajstić information content (AvgIpc) is 3.09. The molecule has 5 rings (SSSR count). The van der Waals surface area contributed by atoms with Crippen molar-refractivity contribution in [3.05, 3.63) is 89.0 Å². The highest BCUT2D eigenvalue weighted by atomic mass is 16.5.